The minimum Gasteiger partial charge on any atom is -0.423 e. The van der Waals surface area contributed by atoms with E-state index in [4.69, 9.17) is 4.74 Å². The predicted molar refractivity (Wildman–Crippen MR) is 107 cm³/mol. The molecule has 3 unspecified atom stereocenters. The van der Waals surface area contributed by atoms with Gasteiger partial charge in [0.1, 0.15) is 11.5 Å². The fourth-order valence-corrected chi connectivity index (χ4v) is 6.13. The predicted octanol–water partition coefficient (Wildman–Crippen LogP) is 5.33. The lowest BCUT2D eigenvalue weighted by atomic mass is 9.55. The molecule has 0 N–H and O–H groups in total. The molecule has 3 heteroatoms. The fraction of sp³-hybridized carbons (Fsp3) is 0.440. The largest absolute Gasteiger partial charge is 0.423 e. The van der Waals surface area contributed by atoms with Crippen molar-refractivity contribution in [1.82, 2.24) is 0 Å². The van der Waals surface area contributed by atoms with Crippen LogP contribution >= 0.6 is 0 Å². The van der Waals surface area contributed by atoms with Crippen molar-refractivity contribution in [1.29, 1.82) is 0 Å². The van der Waals surface area contributed by atoms with Crippen molar-refractivity contribution >= 4 is 11.8 Å². The Labute approximate surface area is 166 Å². The zero-order valence-corrected chi connectivity index (χ0v) is 16.3. The summed E-state index contributed by atoms with van der Waals surface area (Å²) >= 11 is 0. The first-order chi connectivity index (χ1) is 13.6. The van der Waals surface area contributed by atoms with E-state index in [-0.39, 0.29) is 11.4 Å². The zero-order chi connectivity index (χ0) is 19.3. The van der Waals surface area contributed by atoms with Gasteiger partial charge in [-0.15, -0.1) is 0 Å². The molecule has 0 amide bonds. The maximum absolute atomic E-state index is 12.5. The van der Waals surface area contributed by atoms with Gasteiger partial charge in [-0.25, -0.2) is 4.79 Å². The number of hydrogen-bond donors (Lipinski definition) is 0. The summed E-state index contributed by atoms with van der Waals surface area (Å²) in [6.45, 7) is 2.21. The molecule has 2 saturated carbocycles. The van der Waals surface area contributed by atoms with Crippen molar-refractivity contribution in [2.24, 2.45) is 17.3 Å². The number of hydrogen-bond acceptors (Lipinski definition) is 3. The van der Waals surface area contributed by atoms with Crippen molar-refractivity contribution in [3.05, 3.63) is 65.2 Å². The minimum atomic E-state index is -0.313. The number of rotatable bonds is 2. The van der Waals surface area contributed by atoms with Crippen molar-refractivity contribution in [3.8, 4) is 5.75 Å². The number of Topliss-reactive ketones (excluding diaryl/α,β-unsaturated/α-hetero) is 1. The Morgan fingerprint density at radius 3 is 2.68 bits per heavy atom. The Morgan fingerprint density at radius 1 is 1.04 bits per heavy atom. The lowest BCUT2D eigenvalue weighted by Gasteiger charge is -2.48. The summed E-state index contributed by atoms with van der Waals surface area (Å²) in [6.07, 6.45) is 6.10. The third kappa shape index (κ3) is 2.71. The molecular formula is C25H26O3. The number of ether oxygens (including phenoxy) is 1. The van der Waals surface area contributed by atoms with Crippen LogP contribution in [0.1, 0.15) is 66.4 Å². The second-order valence-corrected chi connectivity index (χ2v) is 8.95. The first kappa shape index (κ1) is 17.7. The molecule has 2 aromatic carbocycles. The molecule has 4 atom stereocenters. The van der Waals surface area contributed by atoms with Crippen LogP contribution in [0.25, 0.3) is 0 Å². The number of esters is 1. The molecule has 28 heavy (non-hydrogen) atoms. The van der Waals surface area contributed by atoms with Gasteiger partial charge in [-0.1, -0.05) is 31.2 Å². The molecule has 5 rings (SSSR count). The molecule has 2 fully saturated rings. The molecule has 0 bridgehead atoms. The Bertz CT molecular complexity index is 932. The molecule has 0 aliphatic heterocycles. The second kappa shape index (κ2) is 6.58. The van der Waals surface area contributed by atoms with Crippen molar-refractivity contribution in [3.63, 3.8) is 0 Å². The van der Waals surface area contributed by atoms with Crippen LogP contribution in [0, 0.1) is 17.3 Å². The van der Waals surface area contributed by atoms with Gasteiger partial charge >= 0.3 is 5.97 Å². The van der Waals surface area contributed by atoms with E-state index >= 15 is 0 Å². The molecule has 3 nitrogen and oxygen atoms in total. The van der Waals surface area contributed by atoms with Gasteiger partial charge in [-0.2, -0.15) is 0 Å². The highest BCUT2D eigenvalue weighted by molar-refractivity contribution is 5.91. The quantitative estimate of drug-likeness (QED) is 0.527. The number of aryl methyl sites for hydroxylation is 1. The molecule has 3 aliphatic carbocycles. The molecule has 0 saturated heterocycles. The highest BCUT2D eigenvalue weighted by Gasteiger charge is 2.54. The minimum absolute atomic E-state index is 0.0795. The number of fused-ring (bicyclic) bond motifs is 5. The summed E-state index contributed by atoms with van der Waals surface area (Å²) in [5.41, 5.74) is 3.21. The van der Waals surface area contributed by atoms with Gasteiger partial charge < -0.3 is 4.74 Å². The smallest absolute Gasteiger partial charge is 0.343 e. The van der Waals surface area contributed by atoms with Crippen LogP contribution in [-0.2, 0) is 11.2 Å². The number of carbonyl (C=O) groups is 2. The normalized spacial score (nSPS) is 30.9. The molecule has 0 spiro atoms. The summed E-state index contributed by atoms with van der Waals surface area (Å²) < 4.78 is 5.62. The third-order valence-corrected chi connectivity index (χ3v) is 7.63. The van der Waals surface area contributed by atoms with Gasteiger partial charge in [-0.3, -0.25) is 4.79 Å². The highest BCUT2D eigenvalue weighted by Crippen LogP contribution is 2.59. The van der Waals surface area contributed by atoms with E-state index in [2.05, 4.69) is 19.1 Å². The van der Waals surface area contributed by atoms with Crippen LogP contribution in [0.3, 0.4) is 0 Å². The Balaban J connectivity index is 1.38. The van der Waals surface area contributed by atoms with Gasteiger partial charge in [0.05, 0.1) is 5.56 Å². The molecule has 0 radical (unpaired) electrons. The van der Waals surface area contributed by atoms with Gasteiger partial charge in [0.15, 0.2) is 0 Å². The summed E-state index contributed by atoms with van der Waals surface area (Å²) in [5, 5.41) is 0. The third-order valence-electron chi connectivity index (χ3n) is 7.63. The van der Waals surface area contributed by atoms with Gasteiger partial charge in [0.25, 0.3) is 0 Å². The van der Waals surface area contributed by atoms with Crippen LogP contribution < -0.4 is 4.74 Å². The maximum atomic E-state index is 12.5. The van der Waals surface area contributed by atoms with E-state index < -0.39 is 0 Å². The monoisotopic (exact) mass is 374 g/mol. The highest BCUT2D eigenvalue weighted by atomic mass is 16.5. The zero-order valence-electron chi connectivity index (χ0n) is 16.3. The SMILES string of the molecule is C[C@]12CCC3c4ccc(OC(=O)c5ccccc5)cc4CCC3C1CCC2=O. The van der Waals surface area contributed by atoms with Crippen LogP contribution in [0.2, 0.25) is 0 Å². The summed E-state index contributed by atoms with van der Waals surface area (Å²) in [6, 6.07) is 15.3. The number of benzene rings is 2. The van der Waals surface area contributed by atoms with Crippen molar-refractivity contribution in [2.75, 3.05) is 0 Å². The van der Waals surface area contributed by atoms with Crippen LogP contribution in [0.4, 0.5) is 0 Å². The van der Waals surface area contributed by atoms with E-state index in [1.807, 2.05) is 24.3 Å². The van der Waals surface area contributed by atoms with Crippen molar-refractivity contribution in [2.45, 2.75) is 51.4 Å². The van der Waals surface area contributed by atoms with Crippen LogP contribution in [0.5, 0.6) is 5.75 Å². The molecule has 0 heterocycles. The van der Waals surface area contributed by atoms with E-state index in [1.54, 1.807) is 12.1 Å². The van der Waals surface area contributed by atoms with Crippen molar-refractivity contribution < 1.29 is 14.3 Å². The molecule has 2 aromatic rings. The first-order valence-electron chi connectivity index (χ1n) is 10.5. The van der Waals surface area contributed by atoms with E-state index in [0.29, 0.717) is 34.8 Å². The van der Waals surface area contributed by atoms with E-state index in [0.717, 1.165) is 38.5 Å². The number of carbonyl (C=O) groups excluding carboxylic acids is 2. The van der Waals surface area contributed by atoms with Crippen LogP contribution in [-0.4, -0.2) is 11.8 Å². The Kier molecular flexibility index (Phi) is 4.15. The maximum Gasteiger partial charge on any atom is 0.343 e. The fourth-order valence-electron chi connectivity index (χ4n) is 6.13. The Hall–Kier alpha value is -2.42. The average Bonchev–Trinajstić information content (AvgIpc) is 3.03. The van der Waals surface area contributed by atoms with Gasteiger partial charge in [0.2, 0.25) is 0 Å². The average molecular weight is 374 g/mol. The van der Waals surface area contributed by atoms with Gasteiger partial charge in [-0.05, 0) is 85.3 Å². The number of ketones is 1. The molecular weight excluding hydrogens is 348 g/mol. The molecule has 3 aliphatic rings. The van der Waals surface area contributed by atoms with Gasteiger partial charge in [0, 0.05) is 11.8 Å². The standard InChI is InChI=1S/C25H26O3/c1-25-14-13-20-19-10-8-18(28-24(27)16-5-3-2-4-6-16)15-17(19)7-9-21(20)22(25)11-12-23(25)26/h2-6,8,10,15,20-22H,7,9,11-14H2,1H3/t20?,21?,22?,25-/m0/s1. The van der Waals surface area contributed by atoms with Crippen LogP contribution in [0.15, 0.2) is 48.5 Å². The summed E-state index contributed by atoms with van der Waals surface area (Å²) in [7, 11) is 0. The van der Waals surface area contributed by atoms with E-state index in [1.165, 1.54) is 11.1 Å². The topological polar surface area (TPSA) is 43.4 Å². The summed E-state index contributed by atoms with van der Waals surface area (Å²) in [4.78, 5) is 24.8. The molecule has 144 valence electrons. The Morgan fingerprint density at radius 2 is 1.86 bits per heavy atom. The lowest BCUT2D eigenvalue weighted by Crippen LogP contribution is -2.42. The first-order valence-corrected chi connectivity index (χ1v) is 10.5. The second-order valence-electron chi connectivity index (χ2n) is 8.95. The molecule has 0 aromatic heterocycles. The summed E-state index contributed by atoms with van der Waals surface area (Å²) in [5.74, 6) is 2.52. The lowest BCUT2D eigenvalue weighted by molar-refractivity contribution is -0.129. The van der Waals surface area contributed by atoms with E-state index in [9.17, 15) is 9.59 Å².